The first-order valence-corrected chi connectivity index (χ1v) is 14.3. The van der Waals surface area contributed by atoms with E-state index >= 15 is 0 Å². The number of benzene rings is 2. The van der Waals surface area contributed by atoms with Gasteiger partial charge in [0, 0.05) is 55.8 Å². The van der Waals surface area contributed by atoms with Gasteiger partial charge in [0.2, 0.25) is 5.91 Å². The third-order valence-electron chi connectivity index (χ3n) is 8.54. The Morgan fingerprint density at radius 1 is 1.10 bits per heavy atom. The van der Waals surface area contributed by atoms with E-state index in [0.29, 0.717) is 24.0 Å². The quantitative estimate of drug-likeness (QED) is 0.463. The molecule has 2 aromatic rings. The van der Waals surface area contributed by atoms with Crippen LogP contribution in [0.15, 0.2) is 65.4 Å². The Labute approximate surface area is 240 Å². The van der Waals surface area contributed by atoms with Gasteiger partial charge >= 0.3 is 6.09 Å². The zero-order valence-corrected chi connectivity index (χ0v) is 24.0. The summed E-state index contributed by atoms with van der Waals surface area (Å²) in [6.45, 7) is 6.68. The van der Waals surface area contributed by atoms with Crippen LogP contribution >= 0.6 is 11.6 Å². The largest absolute Gasteiger partial charge is 0.415 e. The minimum absolute atomic E-state index is 0.0759. The van der Waals surface area contributed by atoms with Gasteiger partial charge in [-0.2, -0.15) is 0 Å². The monoisotopic (exact) mass is 566 g/mol. The second kappa shape index (κ2) is 11.6. The highest BCUT2D eigenvalue weighted by atomic mass is 35.5. The summed E-state index contributed by atoms with van der Waals surface area (Å²) >= 11 is 6.18. The average molecular weight is 567 g/mol. The average Bonchev–Trinajstić information content (AvgIpc) is 3.32. The molecule has 3 heterocycles. The summed E-state index contributed by atoms with van der Waals surface area (Å²) < 4.78 is 18.9. The van der Waals surface area contributed by atoms with Crippen molar-refractivity contribution in [2.24, 2.45) is 16.8 Å². The van der Waals surface area contributed by atoms with Crippen molar-refractivity contribution >= 4 is 29.8 Å². The van der Waals surface area contributed by atoms with Crippen LogP contribution in [0.3, 0.4) is 0 Å². The van der Waals surface area contributed by atoms with Crippen molar-refractivity contribution in [1.82, 2.24) is 14.7 Å². The smallest absolute Gasteiger partial charge is 0.410 e. The van der Waals surface area contributed by atoms with Crippen LogP contribution in [0.4, 0.5) is 9.18 Å². The summed E-state index contributed by atoms with van der Waals surface area (Å²) in [5, 5.41) is 0.623. The molecule has 3 aliphatic heterocycles. The van der Waals surface area contributed by atoms with Crippen LogP contribution in [0.5, 0.6) is 5.75 Å². The summed E-state index contributed by atoms with van der Waals surface area (Å²) in [5.74, 6) is 1.38. The van der Waals surface area contributed by atoms with Crippen molar-refractivity contribution < 1.29 is 18.7 Å². The van der Waals surface area contributed by atoms with Crippen LogP contribution in [-0.4, -0.2) is 72.2 Å². The molecule has 2 aromatic carbocycles. The summed E-state index contributed by atoms with van der Waals surface area (Å²) in [5.41, 5.74) is 0.445. The van der Waals surface area contributed by atoms with E-state index in [1.54, 1.807) is 11.9 Å². The molecule has 0 spiro atoms. The Kier molecular flexibility index (Phi) is 8.17. The Morgan fingerprint density at radius 2 is 1.77 bits per heavy atom. The lowest BCUT2D eigenvalue weighted by molar-refractivity contribution is -0.136. The lowest BCUT2D eigenvalue weighted by atomic mass is 9.77. The van der Waals surface area contributed by atoms with Gasteiger partial charge in [-0.1, -0.05) is 37.6 Å². The molecule has 40 heavy (non-hydrogen) atoms. The molecular formula is C31H36ClFN4O3. The molecule has 0 N–H and O–H groups in total. The Bertz CT molecular complexity index is 1290. The molecule has 3 atom stereocenters. The van der Waals surface area contributed by atoms with Crippen LogP contribution in [0.2, 0.25) is 5.02 Å². The number of hydrogen-bond donors (Lipinski definition) is 0. The fraction of sp³-hybridized carbons (Fsp3) is 0.452. The first kappa shape index (κ1) is 28.1. The first-order chi connectivity index (χ1) is 19.1. The van der Waals surface area contributed by atoms with E-state index < -0.39 is 17.3 Å². The zero-order chi connectivity index (χ0) is 28.4. The van der Waals surface area contributed by atoms with Crippen molar-refractivity contribution in [2.45, 2.75) is 44.6 Å². The minimum atomic E-state index is -0.560. The van der Waals surface area contributed by atoms with Gasteiger partial charge in [0.25, 0.3) is 0 Å². The number of nitrogens with zero attached hydrogens (tertiary/aromatic N) is 4. The number of allylic oxidation sites excluding steroid dienone is 1. The fourth-order valence-electron chi connectivity index (χ4n) is 6.04. The predicted molar refractivity (Wildman–Crippen MR) is 154 cm³/mol. The number of carbonyl (C=O) groups excluding carboxylic acids is 2. The van der Waals surface area contributed by atoms with E-state index in [4.69, 9.17) is 16.3 Å². The van der Waals surface area contributed by atoms with Crippen molar-refractivity contribution in [1.29, 1.82) is 0 Å². The summed E-state index contributed by atoms with van der Waals surface area (Å²) in [6, 6.07) is 12.6. The summed E-state index contributed by atoms with van der Waals surface area (Å²) in [6.07, 6.45) is 6.16. The number of piperidine rings is 1. The molecule has 212 valence electrons. The molecular weight excluding hydrogens is 531 g/mol. The van der Waals surface area contributed by atoms with Crippen molar-refractivity contribution in [3.63, 3.8) is 0 Å². The summed E-state index contributed by atoms with van der Waals surface area (Å²) in [7, 11) is 1.69. The lowest BCUT2D eigenvalue weighted by Crippen LogP contribution is -2.50. The van der Waals surface area contributed by atoms with E-state index in [9.17, 15) is 14.0 Å². The van der Waals surface area contributed by atoms with Crippen LogP contribution in [-0.2, 0) is 10.2 Å². The number of halogens is 2. The van der Waals surface area contributed by atoms with Gasteiger partial charge in [0.1, 0.15) is 17.4 Å². The number of aliphatic imine (C=N–C) groups is 1. The molecule has 0 radical (unpaired) electrons. The van der Waals surface area contributed by atoms with E-state index in [1.165, 1.54) is 24.3 Å². The maximum absolute atomic E-state index is 13.8. The molecule has 9 heteroatoms. The topological polar surface area (TPSA) is 65.5 Å². The van der Waals surface area contributed by atoms with Crippen LogP contribution in [0.25, 0.3) is 0 Å². The van der Waals surface area contributed by atoms with E-state index in [-0.39, 0.29) is 23.6 Å². The lowest BCUT2D eigenvalue weighted by Gasteiger charge is -2.36. The number of likely N-dealkylation sites (tertiary alicyclic amines) is 2. The number of likely N-dealkylation sites (N-methyl/N-ethyl adjacent to an activating group) is 1. The van der Waals surface area contributed by atoms with Gasteiger partial charge in [0.05, 0.1) is 6.04 Å². The molecule has 2 amide bonds. The maximum Gasteiger partial charge on any atom is 0.415 e. The van der Waals surface area contributed by atoms with E-state index in [0.717, 1.165) is 43.7 Å². The molecule has 1 unspecified atom stereocenters. The van der Waals surface area contributed by atoms with Crippen LogP contribution in [0.1, 0.15) is 38.7 Å². The van der Waals surface area contributed by atoms with Gasteiger partial charge in [-0.3, -0.25) is 4.79 Å². The Hall–Kier alpha value is -3.39. The third-order valence-corrected chi connectivity index (χ3v) is 8.79. The molecule has 0 aliphatic carbocycles. The Balaban J connectivity index is 1.31. The van der Waals surface area contributed by atoms with Crippen molar-refractivity contribution in [3.05, 3.63) is 76.8 Å². The number of hydrogen-bond acceptors (Lipinski definition) is 5. The Morgan fingerprint density at radius 3 is 2.40 bits per heavy atom. The van der Waals surface area contributed by atoms with Gasteiger partial charge in [-0.05, 0) is 73.2 Å². The second-order valence-corrected chi connectivity index (χ2v) is 11.8. The standard InChI is InChI=1S/C31H36ClFN4O3/c1-21-4-13-28(34-18-21)36-16-14-22(15-17-36)29(38)37-19-27(31(2,20-37)23-5-7-24(32)8-6-23)35(3)30(39)40-26-11-9-25(33)10-12-26/h5-13,18,21-22,27H,4,14-17,19-20H2,1-3H3/t21?,27-,31+/m1/s1. The van der Waals surface area contributed by atoms with Crippen molar-refractivity contribution in [3.8, 4) is 5.75 Å². The highest BCUT2D eigenvalue weighted by Crippen LogP contribution is 2.39. The molecule has 3 aliphatic rings. The second-order valence-electron chi connectivity index (χ2n) is 11.4. The van der Waals surface area contributed by atoms with Crippen LogP contribution in [0, 0.1) is 17.7 Å². The van der Waals surface area contributed by atoms with E-state index in [1.807, 2.05) is 35.4 Å². The van der Waals surface area contributed by atoms with E-state index in [2.05, 4.69) is 29.8 Å². The van der Waals surface area contributed by atoms with Crippen LogP contribution < -0.4 is 4.74 Å². The number of ether oxygens (including phenoxy) is 1. The maximum atomic E-state index is 13.8. The van der Waals surface area contributed by atoms with Crippen molar-refractivity contribution in [2.75, 3.05) is 33.2 Å². The normalized spacial score (nSPS) is 25.1. The van der Waals surface area contributed by atoms with Gasteiger partial charge in [-0.15, -0.1) is 0 Å². The number of amides is 2. The minimum Gasteiger partial charge on any atom is -0.410 e. The molecule has 0 saturated carbocycles. The highest BCUT2D eigenvalue weighted by molar-refractivity contribution is 6.30. The van der Waals surface area contributed by atoms with Gasteiger partial charge in [0.15, 0.2) is 0 Å². The molecule has 5 rings (SSSR count). The molecule has 0 aromatic heterocycles. The first-order valence-electron chi connectivity index (χ1n) is 13.9. The third kappa shape index (κ3) is 5.87. The fourth-order valence-corrected chi connectivity index (χ4v) is 6.17. The molecule has 0 bridgehead atoms. The van der Waals surface area contributed by atoms with Gasteiger partial charge < -0.3 is 19.4 Å². The predicted octanol–water partition coefficient (Wildman–Crippen LogP) is 5.74. The zero-order valence-electron chi connectivity index (χ0n) is 23.2. The SMILES string of the molecule is CC1C=NC(N2CCC(C(=O)N3C[C@@H](N(C)C(=O)Oc4ccc(F)cc4)[C@](C)(c4ccc(Cl)cc4)C3)CC2)=CC1. The molecule has 2 saturated heterocycles. The summed E-state index contributed by atoms with van der Waals surface area (Å²) in [4.78, 5) is 37.4. The number of rotatable bonds is 5. The van der Waals surface area contributed by atoms with Gasteiger partial charge in [-0.25, -0.2) is 14.2 Å². The number of carbonyl (C=O) groups is 2. The highest BCUT2D eigenvalue weighted by Gasteiger charge is 2.50. The molecule has 2 fully saturated rings. The molecule has 7 nitrogen and oxygen atoms in total.